The first-order chi connectivity index (χ1) is 11.7. The highest BCUT2D eigenvalue weighted by molar-refractivity contribution is 8.00. The smallest absolute Gasteiger partial charge is 0.234 e. The van der Waals surface area contributed by atoms with Gasteiger partial charge in [-0.25, -0.2) is 0 Å². The molecule has 0 aliphatic rings. The summed E-state index contributed by atoms with van der Waals surface area (Å²) < 4.78 is 7.48. The molecule has 3 aromatic rings. The van der Waals surface area contributed by atoms with E-state index in [1.165, 1.54) is 10.9 Å². The monoisotopic (exact) mass is 340 g/mol. The highest BCUT2D eigenvalue weighted by Crippen LogP contribution is 2.29. The minimum Gasteiger partial charge on any atom is -0.494 e. The van der Waals surface area contributed by atoms with Crippen LogP contribution in [0.4, 0.5) is 5.69 Å². The molecule has 0 spiro atoms. The second-order valence-electron chi connectivity index (χ2n) is 5.42. The molecule has 0 unspecified atom stereocenters. The molecule has 0 bridgehead atoms. The summed E-state index contributed by atoms with van der Waals surface area (Å²) in [6.45, 7) is 2.58. The van der Waals surface area contributed by atoms with Crippen LogP contribution in [0, 0.1) is 0 Å². The molecule has 124 valence electrons. The van der Waals surface area contributed by atoms with E-state index >= 15 is 0 Å². The Kier molecular flexibility index (Phi) is 5.11. The molecule has 0 atom stereocenters. The number of anilines is 1. The second kappa shape index (κ2) is 7.45. The van der Waals surface area contributed by atoms with Crippen molar-refractivity contribution < 1.29 is 9.53 Å². The van der Waals surface area contributed by atoms with Crippen LogP contribution in [0.1, 0.15) is 6.92 Å². The third kappa shape index (κ3) is 3.74. The van der Waals surface area contributed by atoms with Crippen molar-refractivity contribution in [3.05, 3.63) is 54.7 Å². The fraction of sp³-hybridized carbons (Fsp3) is 0.211. The average molecular weight is 340 g/mol. The minimum atomic E-state index is -0.0166. The van der Waals surface area contributed by atoms with Crippen LogP contribution < -0.4 is 10.1 Å². The summed E-state index contributed by atoms with van der Waals surface area (Å²) in [5.74, 6) is 1.17. The van der Waals surface area contributed by atoms with Gasteiger partial charge in [-0.1, -0.05) is 18.2 Å². The van der Waals surface area contributed by atoms with Gasteiger partial charge in [0, 0.05) is 34.7 Å². The van der Waals surface area contributed by atoms with Gasteiger partial charge in [0.2, 0.25) is 5.91 Å². The number of amides is 1. The van der Waals surface area contributed by atoms with Gasteiger partial charge in [-0.15, -0.1) is 11.8 Å². The molecule has 3 rings (SSSR count). The molecule has 0 radical (unpaired) electrons. The summed E-state index contributed by atoms with van der Waals surface area (Å²) in [6, 6.07) is 15.6. The van der Waals surface area contributed by atoms with Crippen molar-refractivity contribution in [1.82, 2.24) is 4.57 Å². The normalized spacial score (nSPS) is 10.8. The zero-order valence-corrected chi connectivity index (χ0v) is 14.6. The largest absolute Gasteiger partial charge is 0.494 e. The van der Waals surface area contributed by atoms with Crippen molar-refractivity contribution >= 4 is 34.3 Å². The van der Waals surface area contributed by atoms with Crippen molar-refractivity contribution in [3.8, 4) is 5.75 Å². The molecule has 5 heteroatoms. The van der Waals surface area contributed by atoms with E-state index in [2.05, 4.69) is 28.2 Å². The molecular weight excluding hydrogens is 320 g/mol. The van der Waals surface area contributed by atoms with Gasteiger partial charge in [0.05, 0.1) is 12.4 Å². The number of carbonyl (C=O) groups excluding carboxylic acids is 1. The maximum atomic E-state index is 12.2. The van der Waals surface area contributed by atoms with Crippen molar-refractivity contribution in [2.45, 2.75) is 11.8 Å². The maximum absolute atomic E-state index is 12.2. The lowest BCUT2D eigenvalue weighted by Crippen LogP contribution is -2.13. The third-order valence-electron chi connectivity index (χ3n) is 3.67. The first-order valence-corrected chi connectivity index (χ1v) is 8.85. The zero-order valence-electron chi connectivity index (χ0n) is 13.8. The predicted molar refractivity (Wildman–Crippen MR) is 99.9 cm³/mol. The van der Waals surface area contributed by atoms with E-state index in [1.54, 1.807) is 11.8 Å². The molecule has 0 aliphatic carbocycles. The standard InChI is InChI=1S/C19H20N2O2S/c1-3-23-15-10-8-14(9-11-15)20-19(22)13-24-18-12-21(2)17-7-5-4-6-16(17)18/h4-12H,3,13H2,1-2H3,(H,20,22). The Bertz CT molecular complexity index is 840. The van der Waals surface area contributed by atoms with Gasteiger partial charge in [0.15, 0.2) is 0 Å². The molecule has 1 amide bonds. The Hall–Kier alpha value is -2.40. The lowest BCUT2D eigenvalue weighted by atomic mass is 10.2. The highest BCUT2D eigenvalue weighted by atomic mass is 32.2. The number of aromatic nitrogens is 1. The first kappa shape index (κ1) is 16.5. The molecule has 1 N–H and O–H groups in total. The minimum absolute atomic E-state index is 0.0166. The fourth-order valence-corrected chi connectivity index (χ4v) is 3.48. The van der Waals surface area contributed by atoms with Gasteiger partial charge in [0.25, 0.3) is 0 Å². The molecule has 1 heterocycles. The van der Waals surface area contributed by atoms with Crippen LogP contribution in [-0.4, -0.2) is 22.8 Å². The van der Waals surface area contributed by atoms with Crippen LogP contribution in [0.15, 0.2) is 59.6 Å². The first-order valence-electron chi connectivity index (χ1n) is 7.87. The van der Waals surface area contributed by atoms with E-state index in [1.807, 2.05) is 50.4 Å². The number of fused-ring (bicyclic) bond motifs is 1. The van der Waals surface area contributed by atoms with Crippen molar-refractivity contribution in [1.29, 1.82) is 0 Å². The molecule has 0 aliphatic heterocycles. The van der Waals surface area contributed by atoms with Gasteiger partial charge in [-0.05, 0) is 37.3 Å². The number of nitrogens with one attached hydrogen (secondary N) is 1. The Morgan fingerprint density at radius 1 is 1.17 bits per heavy atom. The Labute approximate surface area is 145 Å². The van der Waals surface area contributed by atoms with Gasteiger partial charge >= 0.3 is 0 Å². The van der Waals surface area contributed by atoms with Crippen molar-refractivity contribution in [2.75, 3.05) is 17.7 Å². The summed E-state index contributed by atoms with van der Waals surface area (Å²) in [6.07, 6.45) is 2.07. The summed E-state index contributed by atoms with van der Waals surface area (Å²) in [5.41, 5.74) is 1.95. The summed E-state index contributed by atoms with van der Waals surface area (Å²) in [5, 5.41) is 4.09. The molecule has 4 nitrogen and oxygen atoms in total. The van der Waals surface area contributed by atoms with Crippen LogP contribution >= 0.6 is 11.8 Å². The second-order valence-corrected chi connectivity index (χ2v) is 6.43. The van der Waals surface area contributed by atoms with E-state index in [9.17, 15) is 4.79 Å². The number of nitrogens with zero attached hydrogens (tertiary/aromatic N) is 1. The molecule has 0 saturated carbocycles. The molecule has 0 saturated heterocycles. The predicted octanol–water partition coefficient (Wildman–Crippen LogP) is 4.31. The van der Waals surface area contributed by atoms with Crippen molar-refractivity contribution in [2.24, 2.45) is 7.05 Å². The van der Waals surface area contributed by atoms with E-state index in [0.29, 0.717) is 12.4 Å². The molecule has 1 aromatic heterocycles. The quantitative estimate of drug-likeness (QED) is 0.680. The summed E-state index contributed by atoms with van der Waals surface area (Å²) in [4.78, 5) is 13.3. The fourth-order valence-electron chi connectivity index (χ4n) is 2.56. The number of ether oxygens (including phenoxy) is 1. The number of aryl methyl sites for hydroxylation is 1. The van der Waals surface area contributed by atoms with Gasteiger partial charge < -0.3 is 14.6 Å². The Morgan fingerprint density at radius 3 is 2.67 bits per heavy atom. The van der Waals surface area contributed by atoms with E-state index in [0.717, 1.165) is 16.3 Å². The number of hydrogen-bond acceptors (Lipinski definition) is 3. The zero-order chi connectivity index (χ0) is 16.9. The third-order valence-corrected chi connectivity index (χ3v) is 4.71. The summed E-state index contributed by atoms with van der Waals surface area (Å²) in [7, 11) is 2.02. The van der Waals surface area contributed by atoms with Crippen LogP contribution in [0.5, 0.6) is 5.75 Å². The SMILES string of the molecule is CCOc1ccc(NC(=O)CSc2cn(C)c3ccccc23)cc1. The molecular formula is C19H20N2O2S. The number of benzene rings is 2. The van der Waals surface area contributed by atoms with E-state index < -0.39 is 0 Å². The van der Waals surface area contributed by atoms with E-state index in [-0.39, 0.29) is 5.91 Å². The number of rotatable bonds is 6. The maximum Gasteiger partial charge on any atom is 0.234 e. The number of hydrogen-bond donors (Lipinski definition) is 1. The molecule has 0 fully saturated rings. The van der Waals surface area contributed by atoms with Crippen LogP contribution in [-0.2, 0) is 11.8 Å². The van der Waals surface area contributed by atoms with E-state index in [4.69, 9.17) is 4.74 Å². The highest BCUT2D eigenvalue weighted by Gasteiger charge is 2.09. The van der Waals surface area contributed by atoms with Gasteiger partial charge in [0.1, 0.15) is 5.75 Å². The Balaban J connectivity index is 1.60. The number of carbonyl (C=O) groups is 1. The molecule has 24 heavy (non-hydrogen) atoms. The lowest BCUT2D eigenvalue weighted by Gasteiger charge is -2.07. The topological polar surface area (TPSA) is 43.3 Å². The summed E-state index contributed by atoms with van der Waals surface area (Å²) >= 11 is 1.55. The average Bonchev–Trinajstić information content (AvgIpc) is 2.92. The van der Waals surface area contributed by atoms with Crippen LogP contribution in [0.2, 0.25) is 0 Å². The van der Waals surface area contributed by atoms with Crippen LogP contribution in [0.3, 0.4) is 0 Å². The Morgan fingerprint density at radius 2 is 1.92 bits per heavy atom. The molecule has 2 aromatic carbocycles. The van der Waals surface area contributed by atoms with Gasteiger partial charge in [-0.2, -0.15) is 0 Å². The number of para-hydroxylation sites is 1. The lowest BCUT2D eigenvalue weighted by molar-refractivity contribution is -0.113. The number of thioether (sulfide) groups is 1. The van der Waals surface area contributed by atoms with Crippen molar-refractivity contribution in [3.63, 3.8) is 0 Å². The van der Waals surface area contributed by atoms with Crippen LogP contribution in [0.25, 0.3) is 10.9 Å². The van der Waals surface area contributed by atoms with Gasteiger partial charge in [-0.3, -0.25) is 4.79 Å².